The average Bonchev–Trinajstić information content (AvgIpc) is 2.98. The largest absolute Gasteiger partial charge is 0.486 e. The number of halogens is 1. The van der Waals surface area contributed by atoms with Crippen LogP contribution in [-0.2, 0) is 17.9 Å². The average molecular weight is 314 g/mol. The van der Waals surface area contributed by atoms with Crippen molar-refractivity contribution in [2.75, 3.05) is 6.54 Å². The molecule has 120 valence electrons. The highest BCUT2D eigenvalue weighted by atomic mass is 19.1. The van der Waals surface area contributed by atoms with Crippen molar-refractivity contribution in [3.05, 3.63) is 65.5 Å². The van der Waals surface area contributed by atoms with E-state index in [4.69, 9.17) is 4.74 Å². The summed E-state index contributed by atoms with van der Waals surface area (Å²) in [4.78, 5) is 11.5. The number of carbonyl (C=O) groups is 1. The first-order valence-corrected chi connectivity index (χ1v) is 7.68. The smallest absolute Gasteiger partial charge is 0.237 e. The van der Waals surface area contributed by atoms with Gasteiger partial charge in [0.1, 0.15) is 6.61 Å². The molecule has 1 fully saturated rings. The highest BCUT2D eigenvalue weighted by Gasteiger charge is 2.23. The van der Waals surface area contributed by atoms with E-state index in [-0.39, 0.29) is 17.7 Å². The summed E-state index contributed by atoms with van der Waals surface area (Å²) in [5.41, 5.74) is 1.78. The first kappa shape index (κ1) is 15.5. The number of rotatable bonds is 6. The van der Waals surface area contributed by atoms with Gasteiger partial charge < -0.3 is 15.4 Å². The quantitative estimate of drug-likeness (QED) is 0.861. The summed E-state index contributed by atoms with van der Waals surface area (Å²) in [5, 5.41) is 5.90. The third-order valence-corrected chi connectivity index (χ3v) is 3.83. The fourth-order valence-electron chi connectivity index (χ4n) is 2.54. The molecule has 1 atom stereocenters. The lowest BCUT2D eigenvalue weighted by molar-refractivity contribution is -0.120. The Hall–Kier alpha value is -2.40. The Kier molecular flexibility index (Phi) is 4.88. The first-order chi connectivity index (χ1) is 11.2. The van der Waals surface area contributed by atoms with Gasteiger partial charge in [-0.25, -0.2) is 4.39 Å². The van der Waals surface area contributed by atoms with E-state index in [0.29, 0.717) is 19.7 Å². The summed E-state index contributed by atoms with van der Waals surface area (Å²) >= 11 is 0. The normalized spacial score (nSPS) is 17.1. The van der Waals surface area contributed by atoms with Crippen molar-refractivity contribution >= 4 is 5.91 Å². The van der Waals surface area contributed by atoms with E-state index in [9.17, 15) is 9.18 Å². The lowest BCUT2D eigenvalue weighted by Gasteiger charge is -2.11. The SMILES string of the molecule is O=C1NCCC1NCc1ccc(OCc2ccccc2)c(F)c1. The molecule has 2 aromatic carbocycles. The van der Waals surface area contributed by atoms with Crippen molar-refractivity contribution in [3.63, 3.8) is 0 Å². The number of benzene rings is 2. The van der Waals surface area contributed by atoms with Gasteiger partial charge in [-0.1, -0.05) is 36.4 Å². The molecule has 0 aliphatic carbocycles. The van der Waals surface area contributed by atoms with E-state index < -0.39 is 5.82 Å². The molecule has 4 nitrogen and oxygen atoms in total. The van der Waals surface area contributed by atoms with Crippen LogP contribution in [-0.4, -0.2) is 18.5 Å². The second kappa shape index (κ2) is 7.24. The maximum Gasteiger partial charge on any atom is 0.237 e. The Balaban J connectivity index is 1.56. The van der Waals surface area contributed by atoms with Crippen LogP contribution in [0.2, 0.25) is 0 Å². The van der Waals surface area contributed by atoms with Crippen LogP contribution in [0.3, 0.4) is 0 Å². The molecule has 2 aromatic rings. The van der Waals surface area contributed by atoms with Crippen molar-refractivity contribution in [1.82, 2.24) is 10.6 Å². The molecule has 1 aliphatic heterocycles. The molecular formula is C18H19FN2O2. The minimum absolute atomic E-state index is 0.00767. The Bertz CT molecular complexity index is 676. The number of nitrogens with one attached hydrogen (secondary N) is 2. The Morgan fingerprint density at radius 2 is 2.00 bits per heavy atom. The molecule has 0 saturated carbocycles. The van der Waals surface area contributed by atoms with Gasteiger partial charge in [-0.15, -0.1) is 0 Å². The molecule has 1 unspecified atom stereocenters. The fraction of sp³-hybridized carbons (Fsp3) is 0.278. The summed E-state index contributed by atoms with van der Waals surface area (Å²) in [5.74, 6) is -0.152. The van der Waals surface area contributed by atoms with Gasteiger partial charge in [-0.05, 0) is 29.7 Å². The second-order valence-corrected chi connectivity index (χ2v) is 5.55. The molecule has 23 heavy (non-hydrogen) atoms. The van der Waals surface area contributed by atoms with Gasteiger partial charge in [0, 0.05) is 13.1 Å². The zero-order valence-corrected chi connectivity index (χ0v) is 12.7. The number of carbonyl (C=O) groups excluding carboxylic acids is 1. The Labute approximate surface area is 134 Å². The summed E-state index contributed by atoms with van der Waals surface area (Å²) in [6, 6.07) is 14.3. The molecule has 1 amide bonds. The molecule has 1 heterocycles. The maximum atomic E-state index is 14.1. The van der Waals surface area contributed by atoms with Crippen LogP contribution in [0.1, 0.15) is 17.5 Å². The van der Waals surface area contributed by atoms with Gasteiger partial charge >= 0.3 is 0 Å². The van der Waals surface area contributed by atoms with Gasteiger partial charge in [-0.2, -0.15) is 0 Å². The number of ether oxygens (including phenoxy) is 1. The van der Waals surface area contributed by atoms with E-state index in [0.717, 1.165) is 17.5 Å². The lowest BCUT2D eigenvalue weighted by atomic mass is 10.2. The van der Waals surface area contributed by atoms with Gasteiger partial charge in [-0.3, -0.25) is 4.79 Å². The van der Waals surface area contributed by atoms with E-state index in [1.165, 1.54) is 6.07 Å². The van der Waals surface area contributed by atoms with Crippen LogP contribution in [0.25, 0.3) is 0 Å². The van der Waals surface area contributed by atoms with Crippen molar-refractivity contribution in [2.45, 2.75) is 25.6 Å². The van der Waals surface area contributed by atoms with Gasteiger partial charge in [0.05, 0.1) is 6.04 Å². The predicted octanol–water partition coefficient (Wildman–Crippen LogP) is 2.38. The van der Waals surface area contributed by atoms with Gasteiger partial charge in [0.15, 0.2) is 11.6 Å². The predicted molar refractivity (Wildman–Crippen MR) is 85.4 cm³/mol. The van der Waals surface area contributed by atoms with Crippen molar-refractivity contribution in [3.8, 4) is 5.75 Å². The van der Waals surface area contributed by atoms with Crippen LogP contribution < -0.4 is 15.4 Å². The van der Waals surface area contributed by atoms with Crippen molar-refractivity contribution in [2.24, 2.45) is 0 Å². The van der Waals surface area contributed by atoms with Crippen molar-refractivity contribution < 1.29 is 13.9 Å². The monoisotopic (exact) mass is 314 g/mol. The number of hydrogen-bond donors (Lipinski definition) is 2. The Morgan fingerprint density at radius 1 is 1.17 bits per heavy atom. The highest BCUT2D eigenvalue weighted by Crippen LogP contribution is 2.20. The molecule has 0 bridgehead atoms. The first-order valence-electron chi connectivity index (χ1n) is 7.68. The van der Waals surface area contributed by atoms with Crippen LogP contribution >= 0.6 is 0 Å². The molecule has 0 spiro atoms. The molecule has 0 aromatic heterocycles. The molecular weight excluding hydrogens is 295 g/mol. The molecule has 5 heteroatoms. The van der Waals surface area contributed by atoms with Crippen LogP contribution in [0, 0.1) is 5.82 Å². The Morgan fingerprint density at radius 3 is 2.70 bits per heavy atom. The van der Waals surface area contributed by atoms with Gasteiger partial charge in [0.2, 0.25) is 5.91 Å². The maximum absolute atomic E-state index is 14.1. The minimum atomic E-state index is -0.392. The molecule has 1 aliphatic rings. The second-order valence-electron chi connectivity index (χ2n) is 5.55. The third-order valence-electron chi connectivity index (χ3n) is 3.83. The van der Waals surface area contributed by atoms with Crippen molar-refractivity contribution in [1.29, 1.82) is 0 Å². The minimum Gasteiger partial charge on any atom is -0.486 e. The van der Waals surface area contributed by atoms with Crippen LogP contribution in [0.4, 0.5) is 4.39 Å². The number of hydrogen-bond acceptors (Lipinski definition) is 3. The highest BCUT2D eigenvalue weighted by molar-refractivity contribution is 5.83. The summed E-state index contributed by atoms with van der Waals surface area (Å²) in [7, 11) is 0. The van der Waals surface area contributed by atoms with Crippen LogP contribution in [0.15, 0.2) is 48.5 Å². The van der Waals surface area contributed by atoms with Gasteiger partial charge in [0.25, 0.3) is 0 Å². The summed E-state index contributed by atoms with van der Waals surface area (Å²) in [6.07, 6.45) is 0.763. The van der Waals surface area contributed by atoms with E-state index in [1.807, 2.05) is 36.4 Å². The third kappa shape index (κ3) is 4.07. The standard InChI is InChI=1S/C18H19FN2O2/c19-15-10-14(11-21-16-8-9-20-18(16)22)6-7-17(15)23-12-13-4-2-1-3-5-13/h1-7,10,16,21H,8-9,11-12H2,(H,20,22). The lowest BCUT2D eigenvalue weighted by Crippen LogP contribution is -2.35. The summed E-state index contributed by atoms with van der Waals surface area (Å²) in [6.45, 7) is 1.47. The van der Waals surface area contributed by atoms with E-state index >= 15 is 0 Å². The summed E-state index contributed by atoms with van der Waals surface area (Å²) < 4.78 is 19.6. The molecule has 3 rings (SSSR count). The molecule has 2 N–H and O–H groups in total. The van der Waals surface area contributed by atoms with E-state index in [1.54, 1.807) is 6.07 Å². The number of amides is 1. The van der Waals surface area contributed by atoms with E-state index in [2.05, 4.69) is 10.6 Å². The topological polar surface area (TPSA) is 50.4 Å². The molecule has 1 saturated heterocycles. The zero-order chi connectivity index (χ0) is 16.1. The molecule has 0 radical (unpaired) electrons. The zero-order valence-electron chi connectivity index (χ0n) is 12.7. The fourth-order valence-corrected chi connectivity index (χ4v) is 2.54. The van der Waals surface area contributed by atoms with Crippen LogP contribution in [0.5, 0.6) is 5.75 Å².